The number of amides is 1. The van der Waals surface area contributed by atoms with Gasteiger partial charge in [-0.15, -0.1) is 20.4 Å². The van der Waals surface area contributed by atoms with Gasteiger partial charge in [0, 0.05) is 42.5 Å². The highest BCUT2D eigenvalue weighted by Crippen LogP contribution is 2.45. The Morgan fingerprint density at radius 3 is 2.46 bits per heavy atom. The van der Waals surface area contributed by atoms with Crippen LogP contribution in [0.5, 0.6) is 0 Å². The summed E-state index contributed by atoms with van der Waals surface area (Å²) in [4.78, 5) is 20.6. The number of carbonyl (C=O) groups excluding carboxylic acids is 1. The van der Waals surface area contributed by atoms with E-state index in [0.717, 1.165) is 35.0 Å². The number of pyridine rings is 2. The van der Waals surface area contributed by atoms with Crippen LogP contribution in [0.25, 0.3) is 0 Å². The van der Waals surface area contributed by atoms with Crippen molar-refractivity contribution >= 4 is 38.8 Å². The van der Waals surface area contributed by atoms with Gasteiger partial charge in [0.1, 0.15) is 16.2 Å². The first-order chi connectivity index (χ1) is 17.1. The Kier molecular flexibility index (Phi) is 7.31. The van der Waals surface area contributed by atoms with Crippen LogP contribution < -0.4 is 10.6 Å². The van der Waals surface area contributed by atoms with Crippen LogP contribution in [0.15, 0.2) is 48.8 Å². The largest absolute Gasteiger partial charge is 0.373 e. The summed E-state index contributed by atoms with van der Waals surface area (Å²) in [5, 5.41) is 35.9. The van der Waals surface area contributed by atoms with Crippen molar-refractivity contribution < 1.29 is 9.90 Å². The summed E-state index contributed by atoms with van der Waals surface area (Å²) < 4.78 is 0. The summed E-state index contributed by atoms with van der Waals surface area (Å²) in [6, 6.07) is 11.1. The number of hydrogen-bond acceptors (Lipinski definition) is 11. The number of rotatable bonds is 10. The molecule has 1 aliphatic rings. The van der Waals surface area contributed by atoms with Crippen molar-refractivity contribution in [3.8, 4) is 0 Å². The molecule has 4 aromatic rings. The number of hydrogen-bond donors (Lipinski definition) is 3. The van der Waals surface area contributed by atoms with E-state index < -0.39 is 6.23 Å². The standard InChI is InChI=1S/C23H24N8O2S2/c32-18(12-16-5-1-3-7-24-16)26-22-30-28-20(34-22)11-14-9-15(10-14)21-29-31-23(35-21)27-19(33)13-17-6-2-4-8-25-17/h1-8,14-15,18,32H,9-13H2,(H,26,30)(H,27,31,33)/t14-,15-,18?. The molecule has 1 amide bonds. The zero-order chi connectivity index (χ0) is 24.0. The van der Waals surface area contributed by atoms with Gasteiger partial charge in [0.05, 0.1) is 6.42 Å². The summed E-state index contributed by atoms with van der Waals surface area (Å²) >= 11 is 2.90. The molecule has 5 rings (SSSR count). The number of aliphatic hydroxyl groups excluding tert-OH is 1. The third-order valence-corrected chi connectivity index (χ3v) is 7.57. The van der Waals surface area contributed by atoms with Crippen LogP contribution in [-0.2, 0) is 24.1 Å². The highest BCUT2D eigenvalue weighted by Gasteiger charge is 2.33. The zero-order valence-corrected chi connectivity index (χ0v) is 20.4. The maximum absolute atomic E-state index is 12.2. The summed E-state index contributed by atoms with van der Waals surface area (Å²) in [6.07, 6.45) is 6.06. The topological polar surface area (TPSA) is 139 Å². The van der Waals surface area contributed by atoms with Crippen molar-refractivity contribution in [3.05, 3.63) is 70.2 Å². The second-order valence-corrected chi connectivity index (χ2v) is 10.5. The number of nitrogens with zero attached hydrogens (tertiary/aromatic N) is 6. The molecule has 35 heavy (non-hydrogen) atoms. The molecular formula is C23H24N8O2S2. The number of aromatic nitrogens is 6. The molecule has 1 unspecified atom stereocenters. The van der Waals surface area contributed by atoms with E-state index in [1.807, 2.05) is 36.4 Å². The highest BCUT2D eigenvalue weighted by molar-refractivity contribution is 7.15. The Bertz CT molecular complexity index is 1240. The van der Waals surface area contributed by atoms with E-state index in [2.05, 4.69) is 41.0 Å². The Morgan fingerprint density at radius 2 is 1.71 bits per heavy atom. The van der Waals surface area contributed by atoms with E-state index in [1.54, 1.807) is 12.4 Å². The lowest BCUT2D eigenvalue weighted by atomic mass is 9.74. The fraction of sp³-hybridized carbons (Fsp3) is 0.348. The molecule has 1 atom stereocenters. The Hall–Kier alpha value is -3.35. The van der Waals surface area contributed by atoms with Gasteiger partial charge >= 0.3 is 0 Å². The minimum absolute atomic E-state index is 0.149. The molecule has 12 heteroatoms. The summed E-state index contributed by atoms with van der Waals surface area (Å²) in [6.45, 7) is 0. The molecule has 4 heterocycles. The van der Waals surface area contributed by atoms with E-state index in [0.29, 0.717) is 34.2 Å². The van der Waals surface area contributed by atoms with Gasteiger partial charge in [-0.2, -0.15) is 0 Å². The highest BCUT2D eigenvalue weighted by atomic mass is 32.1. The van der Waals surface area contributed by atoms with Crippen LogP contribution in [-0.4, -0.2) is 47.6 Å². The van der Waals surface area contributed by atoms with Crippen LogP contribution in [0.2, 0.25) is 0 Å². The number of anilines is 2. The van der Waals surface area contributed by atoms with E-state index in [4.69, 9.17) is 0 Å². The molecule has 4 aromatic heterocycles. The van der Waals surface area contributed by atoms with Crippen molar-refractivity contribution in [1.29, 1.82) is 0 Å². The van der Waals surface area contributed by atoms with Gasteiger partial charge in [0.25, 0.3) is 0 Å². The maximum atomic E-state index is 12.2. The van der Waals surface area contributed by atoms with Gasteiger partial charge in [-0.25, -0.2) is 0 Å². The van der Waals surface area contributed by atoms with Crippen LogP contribution in [0, 0.1) is 5.92 Å². The number of aliphatic hydroxyl groups is 1. The molecule has 0 saturated heterocycles. The van der Waals surface area contributed by atoms with Gasteiger partial charge in [0.2, 0.25) is 16.2 Å². The van der Waals surface area contributed by atoms with Crippen molar-refractivity contribution in [2.45, 2.75) is 44.2 Å². The minimum Gasteiger partial charge on any atom is -0.373 e. The van der Waals surface area contributed by atoms with Gasteiger partial charge < -0.3 is 15.7 Å². The first kappa shape index (κ1) is 23.4. The SMILES string of the molecule is O=C(Cc1ccccn1)Nc1nnc([C@H]2C[C@H](Cc3nnc(NC(O)Cc4ccccn4)s3)C2)s1. The van der Waals surface area contributed by atoms with Crippen molar-refractivity contribution in [3.63, 3.8) is 0 Å². The lowest BCUT2D eigenvalue weighted by Crippen LogP contribution is -2.23. The van der Waals surface area contributed by atoms with E-state index >= 15 is 0 Å². The smallest absolute Gasteiger partial charge is 0.232 e. The lowest BCUT2D eigenvalue weighted by molar-refractivity contribution is -0.115. The Balaban J connectivity index is 1.05. The Labute approximate surface area is 209 Å². The summed E-state index contributed by atoms with van der Waals surface area (Å²) in [7, 11) is 0. The molecule has 0 aliphatic heterocycles. The number of carbonyl (C=O) groups is 1. The Morgan fingerprint density at radius 1 is 0.971 bits per heavy atom. The quantitative estimate of drug-likeness (QED) is 0.276. The molecule has 1 fully saturated rings. The normalized spacial score (nSPS) is 18.0. The first-order valence-corrected chi connectivity index (χ1v) is 12.9. The second-order valence-electron chi connectivity index (χ2n) is 8.42. The molecule has 0 spiro atoms. The molecule has 1 saturated carbocycles. The van der Waals surface area contributed by atoms with Crippen molar-refractivity contribution in [2.24, 2.45) is 5.92 Å². The van der Waals surface area contributed by atoms with Crippen molar-refractivity contribution in [2.75, 3.05) is 10.6 Å². The third kappa shape index (κ3) is 6.41. The summed E-state index contributed by atoms with van der Waals surface area (Å²) in [5.74, 6) is 0.707. The molecule has 3 N–H and O–H groups in total. The lowest BCUT2D eigenvalue weighted by Gasteiger charge is -2.32. The average Bonchev–Trinajstić information content (AvgIpc) is 3.46. The summed E-state index contributed by atoms with van der Waals surface area (Å²) in [5.41, 5.74) is 1.53. The fourth-order valence-electron chi connectivity index (χ4n) is 3.94. The van der Waals surface area contributed by atoms with Gasteiger partial charge in [-0.3, -0.25) is 14.8 Å². The van der Waals surface area contributed by atoms with Crippen LogP contribution >= 0.6 is 22.7 Å². The van der Waals surface area contributed by atoms with Crippen LogP contribution in [0.3, 0.4) is 0 Å². The van der Waals surface area contributed by atoms with Crippen LogP contribution in [0.1, 0.15) is 40.2 Å². The zero-order valence-electron chi connectivity index (χ0n) is 18.7. The van der Waals surface area contributed by atoms with Gasteiger partial charge in [-0.05, 0) is 43.0 Å². The van der Waals surface area contributed by atoms with E-state index in [-0.39, 0.29) is 12.3 Å². The molecule has 180 valence electrons. The fourth-order valence-corrected chi connectivity index (χ4v) is 5.72. The second kappa shape index (κ2) is 10.9. The van der Waals surface area contributed by atoms with E-state index in [9.17, 15) is 9.90 Å². The molecule has 0 radical (unpaired) electrons. The predicted octanol–water partition coefficient (Wildman–Crippen LogP) is 3.07. The van der Waals surface area contributed by atoms with Gasteiger partial charge in [-0.1, -0.05) is 34.8 Å². The first-order valence-electron chi connectivity index (χ1n) is 11.3. The van der Waals surface area contributed by atoms with Crippen LogP contribution in [0.4, 0.5) is 10.3 Å². The van der Waals surface area contributed by atoms with Gasteiger partial charge in [0.15, 0.2) is 0 Å². The molecule has 0 aromatic carbocycles. The average molecular weight is 509 g/mol. The number of nitrogens with one attached hydrogen (secondary N) is 2. The molecular weight excluding hydrogens is 484 g/mol. The third-order valence-electron chi connectivity index (χ3n) is 5.69. The monoisotopic (exact) mass is 508 g/mol. The molecule has 10 nitrogen and oxygen atoms in total. The molecule has 0 bridgehead atoms. The van der Waals surface area contributed by atoms with Crippen molar-refractivity contribution in [1.82, 2.24) is 30.4 Å². The maximum Gasteiger partial charge on any atom is 0.232 e. The minimum atomic E-state index is -0.769. The predicted molar refractivity (Wildman–Crippen MR) is 133 cm³/mol. The van der Waals surface area contributed by atoms with E-state index in [1.165, 1.54) is 22.7 Å². The molecule has 1 aliphatic carbocycles.